The van der Waals surface area contributed by atoms with E-state index in [-0.39, 0.29) is 39.4 Å². The third-order valence-electron chi connectivity index (χ3n) is 0.500. The van der Waals surface area contributed by atoms with Crippen molar-refractivity contribution in [3.8, 4) is 0 Å². The monoisotopic (exact) mass is 260 g/mol. The second-order valence-electron chi connectivity index (χ2n) is 0.957. The minimum absolute atomic E-state index is 0. The minimum Gasteiger partial charge on any atom is -0.317 e. The average molecular weight is 262 g/mol. The summed E-state index contributed by atoms with van der Waals surface area (Å²) in [6.07, 6.45) is 0. The number of hydrogen-bond acceptors (Lipinski definition) is 1. The van der Waals surface area contributed by atoms with E-state index in [1.165, 1.54) is 0 Å². The zero-order valence-electron chi connectivity index (χ0n) is 4.62. The molecular formula is C4H12AgBrN. The van der Waals surface area contributed by atoms with Gasteiger partial charge in [0.15, 0.2) is 0 Å². The van der Waals surface area contributed by atoms with E-state index in [4.69, 9.17) is 0 Å². The van der Waals surface area contributed by atoms with Gasteiger partial charge in [0.2, 0.25) is 0 Å². The van der Waals surface area contributed by atoms with Crippen LogP contribution in [0.4, 0.5) is 0 Å². The van der Waals surface area contributed by atoms with Gasteiger partial charge in [-0.2, -0.15) is 0 Å². The molecule has 1 radical (unpaired) electrons. The molecule has 0 fully saturated rings. The van der Waals surface area contributed by atoms with Crippen LogP contribution in [-0.2, 0) is 22.4 Å². The first kappa shape index (κ1) is 15.7. The Balaban J connectivity index is -0.0000000800. The summed E-state index contributed by atoms with van der Waals surface area (Å²) in [6, 6.07) is 0. The van der Waals surface area contributed by atoms with E-state index in [0.29, 0.717) is 0 Å². The van der Waals surface area contributed by atoms with Crippen LogP contribution in [0.25, 0.3) is 0 Å². The molecule has 0 amide bonds. The summed E-state index contributed by atoms with van der Waals surface area (Å²) in [5, 5.41) is 3.11. The van der Waals surface area contributed by atoms with Crippen LogP contribution in [0, 0.1) is 0 Å². The fourth-order valence-corrected chi connectivity index (χ4v) is 0.250. The third kappa shape index (κ3) is 19.1. The molecule has 3 heteroatoms. The van der Waals surface area contributed by atoms with Crippen LogP contribution < -0.4 is 5.32 Å². The van der Waals surface area contributed by atoms with Crippen LogP contribution in [0.2, 0.25) is 0 Å². The van der Waals surface area contributed by atoms with Crippen LogP contribution in [0.5, 0.6) is 0 Å². The van der Waals surface area contributed by atoms with Crippen LogP contribution in [0.3, 0.4) is 0 Å². The van der Waals surface area contributed by atoms with Gasteiger partial charge >= 0.3 is 0 Å². The summed E-state index contributed by atoms with van der Waals surface area (Å²) >= 11 is 0. The first-order chi connectivity index (χ1) is 2.41. The molecule has 51 valence electrons. The van der Waals surface area contributed by atoms with Gasteiger partial charge in [0, 0.05) is 22.4 Å². The standard InChI is InChI=1S/C4H11N.Ag.BrH/c1-3-5-4-2;;/h5H,3-4H2,1-2H3;;1H. The van der Waals surface area contributed by atoms with E-state index in [1.807, 2.05) is 0 Å². The van der Waals surface area contributed by atoms with Crippen LogP contribution >= 0.6 is 17.0 Å². The van der Waals surface area contributed by atoms with Gasteiger partial charge in [0.05, 0.1) is 0 Å². The fraction of sp³-hybridized carbons (Fsp3) is 1.00. The Kier molecular flexibility index (Phi) is 35.2. The zero-order valence-corrected chi connectivity index (χ0v) is 7.82. The molecule has 0 spiro atoms. The van der Waals surface area contributed by atoms with Crippen LogP contribution in [0.15, 0.2) is 0 Å². The Morgan fingerprint density at radius 2 is 1.43 bits per heavy atom. The molecule has 0 aromatic rings. The molecule has 0 aliphatic rings. The summed E-state index contributed by atoms with van der Waals surface area (Å²) in [6.45, 7) is 6.39. The normalized spacial score (nSPS) is 6.00. The molecule has 0 aromatic carbocycles. The van der Waals surface area contributed by atoms with E-state index in [2.05, 4.69) is 19.2 Å². The van der Waals surface area contributed by atoms with Crippen molar-refractivity contribution >= 4 is 17.0 Å². The molecule has 0 saturated carbocycles. The number of nitrogens with one attached hydrogen (secondary N) is 1. The topological polar surface area (TPSA) is 12.0 Å². The maximum absolute atomic E-state index is 3.11. The van der Waals surface area contributed by atoms with Crippen molar-refractivity contribution in [2.75, 3.05) is 13.1 Å². The van der Waals surface area contributed by atoms with Crippen LogP contribution in [-0.4, -0.2) is 13.1 Å². The molecule has 0 bridgehead atoms. The van der Waals surface area contributed by atoms with Crippen molar-refractivity contribution in [2.24, 2.45) is 0 Å². The number of hydrogen-bond donors (Lipinski definition) is 1. The second kappa shape index (κ2) is 15.7. The summed E-state index contributed by atoms with van der Waals surface area (Å²) in [7, 11) is 0. The van der Waals surface area contributed by atoms with Gasteiger partial charge in [-0.1, -0.05) is 13.8 Å². The predicted molar refractivity (Wildman–Crippen MR) is 34.5 cm³/mol. The molecule has 0 saturated heterocycles. The summed E-state index contributed by atoms with van der Waals surface area (Å²) in [5.74, 6) is 0. The van der Waals surface area contributed by atoms with Crippen LogP contribution in [0.1, 0.15) is 13.8 Å². The van der Waals surface area contributed by atoms with Crippen molar-refractivity contribution in [1.82, 2.24) is 5.32 Å². The van der Waals surface area contributed by atoms with E-state index in [0.717, 1.165) is 13.1 Å². The molecular weight excluding hydrogens is 250 g/mol. The van der Waals surface area contributed by atoms with Gasteiger partial charge in [-0.25, -0.2) is 0 Å². The number of halogens is 1. The Bertz CT molecular complexity index is 19.2. The van der Waals surface area contributed by atoms with Gasteiger partial charge < -0.3 is 5.32 Å². The van der Waals surface area contributed by atoms with Gasteiger partial charge in [-0.15, -0.1) is 17.0 Å². The van der Waals surface area contributed by atoms with E-state index in [1.54, 1.807) is 0 Å². The Hall–Kier alpha value is 1.18. The molecule has 0 rings (SSSR count). The third-order valence-corrected chi connectivity index (χ3v) is 0.500. The largest absolute Gasteiger partial charge is 0.317 e. The van der Waals surface area contributed by atoms with Gasteiger partial charge in [-0.05, 0) is 13.1 Å². The van der Waals surface area contributed by atoms with Crippen molar-refractivity contribution in [3.63, 3.8) is 0 Å². The van der Waals surface area contributed by atoms with Gasteiger partial charge in [0.25, 0.3) is 0 Å². The molecule has 0 heterocycles. The summed E-state index contributed by atoms with van der Waals surface area (Å²) in [4.78, 5) is 0. The van der Waals surface area contributed by atoms with Crippen molar-refractivity contribution in [2.45, 2.75) is 13.8 Å². The zero-order chi connectivity index (χ0) is 4.12. The Morgan fingerprint density at radius 1 is 1.14 bits per heavy atom. The Labute approximate surface area is 71.5 Å². The minimum atomic E-state index is 0. The van der Waals surface area contributed by atoms with Crippen molar-refractivity contribution in [1.29, 1.82) is 0 Å². The maximum Gasteiger partial charge on any atom is 0 e. The maximum atomic E-state index is 3.11. The quantitative estimate of drug-likeness (QED) is 0.737. The molecule has 7 heavy (non-hydrogen) atoms. The fourth-order valence-electron chi connectivity index (χ4n) is 0.250. The van der Waals surface area contributed by atoms with E-state index >= 15 is 0 Å². The average Bonchev–Trinajstić information content (AvgIpc) is 1.41. The molecule has 1 N–H and O–H groups in total. The molecule has 0 aliphatic heterocycles. The molecule has 0 atom stereocenters. The molecule has 0 unspecified atom stereocenters. The Morgan fingerprint density at radius 3 is 1.43 bits per heavy atom. The molecule has 1 nitrogen and oxygen atoms in total. The van der Waals surface area contributed by atoms with E-state index < -0.39 is 0 Å². The smallest absolute Gasteiger partial charge is 0 e. The molecule has 0 aromatic heterocycles. The first-order valence-corrected chi connectivity index (χ1v) is 2.12. The predicted octanol–water partition coefficient (Wildman–Crippen LogP) is 1.19. The van der Waals surface area contributed by atoms with Crippen molar-refractivity contribution in [3.05, 3.63) is 0 Å². The summed E-state index contributed by atoms with van der Waals surface area (Å²) in [5.41, 5.74) is 0. The van der Waals surface area contributed by atoms with Gasteiger partial charge in [0.1, 0.15) is 0 Å². The van der Waals surface area contributed by atoms with Crippen molar-refractivity contribution < 1.29 is 22.4 Å². The van der Waals surface area contributed by atoms with E-state index in [9.17, 15) is 0 Å². The van der Waals surface area contributed by atoms with Gasteiger partial charge in [-0.3, -0.25) is 0 Å². The number of rotatable bonds is 2. The summed E-state index contributed by atoms with van der Waals surface area (Å²) < 4.78 is 0. The first-order valence-electron chi connectivity index (χ1n) is 2.12. The second-order valence-corrected chi connectivity index (χ2v) is 0.957. The SMILES string of the molecule is Br.CCNCC.[Ag]. The molecule has 0 aliphatic carbocycles.